The molecule has 0 saturated carbocycles. The molecule has 5 heteroatoms. The molecular weight excluding hydrogens is 228 g/mol. The summed E-state index contributed by atoms with van der Waals surface area (Å²) in [5, 5.41) is 9.49. The third-order valence-electron chi connectivity index (χ3n) is 2.87. The highest BCUT2D eigenvalue weighted by atomic mass is 16.1. The first-order valence-corrected chi connectivity index (χ1v) is 5.73. The molecule has 0 saturated heterocycles. The zero-order valence-corrected chi connectivity index (χ0v) is 10.4. The number of benzene rings is 1. The van der Waals surface area contributed by atoms with E-state index in [9.17, 15) is 4.79 Å². The van der Waals surface area contributed by atoms with Gasteiger partial charge in [-0.1, -0.05) is 6.07 Å². The quantitative estimate of drug-likeness (QED) is 0.720. The second-order valence-electron chi connectivity index (χ2n) is 4.30. The molecule has 2 aromatic rings. The lowest BCUT2D eigenvalue weighted by atomic mass is 10.1. The zero-order chi connectivity index (χ0) is 13.1. The first-order valence-electron chi connectivity index (χ1n) is 5.73. The van der Waals surface area contributed by atoms with E-state index >= 15 is 0 Å². The van der Waals surface area contributed by atoms with Gasteiger partial charge < -0.3 is 11.1 Å². The van der Waals surface area contributed by atoms with E-state index in [2.05, 4.69) is 15.5 Å². The predicted molar refractivity (Wildman–Crippen MR) is 70.1 cm³/mol. The molecule has 0 aliphatic heterocycles. The van der Waals surface area contributed by atoms with Crippen molar-refractivity contribution in [3.05, 3.63) is 47.3 Å². The molecule has 0 spiro atoms. The average molecular weight is 244 g/mol. The van der Waals surface area contributed by atoms with E-state index in [1.807, 2.05) is 19.9 Å². The van der Waals surface area contributed by atoms with Crippen molar-refractivity contribution in [1.29, 1.82) is 0 Å². The Morgan fingerprint density at radius 3 is 2.94 bits per heavy atom. The fourth-order valence-electron chi connectivity index (χ4n) is 1.74. The van der Waals surface area contributed by atoms with E-state index in [1.165, 1.54) is 0 Å². The molecule has 1 aromatic carbocycles. The maximum absolute atomic E-state index is 12.1. The lowest BCUT2D eigenvalue weighted by Crippen LogP contribution is -2.27. The zero-order valence-electron chi connectivity index (χ0n) is 10.4. The Balaban J connectivity index is 2.15. The van der Waals surface area contributed by atoms with E-state index in [0.29, 0.717) is 11.3 Å². The molecule has 4 N–H and O–H groups in total. The van der Waals surface area contributed by atoms with Crippen molar-refractivity contribution in [2.45, 2.75) is 19.9 Å². The Labute approximate surface area is 105 Å². The molecule has 5 nitrogen and oxygen atoms in total. The molecule has 1 unspecified atom stereocenters. The summed E-state index contributed by atoms with van der Waals surface area (Å²) in [6, 6.07) is 5.21. The molecule has 2 rings (SSSR count). The van der Waals surface area contributed by atoms with Gasteiger partial charge in [0, 0.05) is 23.0 Å². The fourth-order valence-corrected chi connectivity index (χ4v) is 1.74. The summed E-state index contributed by atoms with van der Waals surface area (Å²) < 4.78 is 0. The number of aromatic nitrogens is 2. The minimum absolute atomic E-state index is 0.0999. The number of H-pyrrole nitrogens is 1. The number of nitrogens with zero attached hydrogens (tertiary/aromatic N) is 1. The van der Waals surface area contributed by atoms with Crippen LogP contribution >= 0.6 is 0 Å². The third kappa shape index (κ3) is 2.51. The van der Waals surface area contributed by atoms with E-state index in [-0.39, 0.29) is 11.9 Å². The van der Waals surface area contributed by atoms with Gasteiger partial charge in [0.25, 0.3) is 5.91 Å². The Kier molecular flexibility index (Phi) is 3.32. The van der Waals surface area contributed by atoms with Crippen LogP contribution in [0.4, 0.5) is 5.69 Å². The molecule has 1 heterocycles. The highest BCUT2D eigenvalue weighted by Gasteiger charge is 2.14. The van der Waals surface area contributed by atoms with Gasteiger partial charge in [-0.15, -0.1) is 0 Å². The number of nitrogens with one attached hydrogen (secondary N) is 2. The van der Waals surface area contributed by atoms with E-state index in [0.717, 1.165) is 11.1 Å². The number of nitrogens with two attached hydrogens (primary N) is 1. The molecule has 1 atom stereocenters. The number of carbonyl (C=O) groups excluding carboxylic acids is 1. The number of rotatable bonds is 3. The first kappa shape index (κ1) is 12.2. The number of amides is 1. The lowest BCUT2D eigenvalue weighted by Gasteiger charge is -2.13. The number of nitrogen functional groups attached to an aromatic ring is 1. The van der Waals surface area contributed by atoms with Crippen LogP contribution in [0, 0.1) is 6.92 Å². The first-order chi connectivity index (χ1) is 8.58. The SMILES string of the molecule is Cc1ccc(N)cc1C(=O)NC(C)c1cn[nH]c1. The van der Waals surface area contributed by atoms with Crippen molar-refractivity contribution in [2.75, 3.05) is 5.73 Å². The van der Waals surface area contributed by atoms with Crippen LogP contribution in [0.5, 0.6) is 0 Å². The Hall–Kier alpha value is -2.30. The third-order valence-corrected chi connectivity index (χ3v) is 2.87. The molecule has 94 valence electrons. The van der Waals surface area contributed by atoms with Crippen LogP contribution in [-0.4, -0.2) is 16.1 Å². The minimum atomic E-state index is -0.131. The van der Waals surface area contributed by atoms with Crippen molar-refractivity contribution in [1.82, 2.24) is 15.5 Å². The normalized spacial score (nSPS) is 12.1. The number of carbonyl (C=O) groups is 1. The number of hydrogen-bond acceptors (Lipinski definition) is 3. The van der Waals surface area contributed by atoms with Gasteiger partial charge in [-0.3, -0.25) is 9.89 Å². The van der Waals surface area contributed by atoms with Crippen LogP contribution in [0.15, 0.2) is 30.6 Å². The standard InChI is InChI=1S/C13H16N4O/c1-8-3-4-11(14)5-12(8)13(18)17-9(2)10-6-15-16-7-10/h3-7,9H,14H2,1-2H3,(H,15,16)(H,17,18). The Morgan fingerprint density at radius 2 is 2.28 bits per heavy atom. The summed E-state index contributed by atoms with van der Waals surface area (Å²) in [5.74, 6) is -0.131. The molecule has 1 aromatic heterocycles. The van der Waals surface area contributed by atoms with Gasteiger partial charge >= 0.3 is 0 Å². The van der Waals surface area contributed by atoms with Gasteiger partial charge in [-0.05, 0) is 31.5 Å². The molecule has 1 amide bonds. The fraction of sp³-hybridized carbons (Fsp3) is 0.231. The van der Waals surface area contributed by atoms with Crippen molar-refractivity contribution < 1.29 is 4.79 Å². The highest BCUT2D eigenvalue weighted by Crippen LogP contribution is 2.15. The van der Waals surface area contributed by atoms with Crippen LogP contribution in [0.1, 0.15) is 34.5 Å². The van der Waals surface area contributed by atoms with Gasteiger partial charge in [-0.2, -0.15) is 5.10 Å². The topological polar surface area (TPSA) is 83.8 Å². The molecule has 0 aliphatic carbocycles. The van der Waals surface area contributed by atoms with E-state index < -0.39 is 0 Å². The average Bonchev–Trinajstić information content (AvgIpc) is 2.85. The van der Waals surface area contributed by atoms with Crippen molar-refractivity contribution in [2.24, 2.45) is 0 Å². The van der Waals surface area contributed by atoms with Gasteiger partial charge in [0.1, 0.15) is 0 Å². The predicted octanol–water partition coefficient (Wildman–Crippen LogP) is 1.79. The molecule has 18 heavy (non-hydrogen) atoms. The van der Waals surface area contributed by atoms with Crippen molar-refractivity contribution in [3.63, 3.8) is 0 Å². The van der Waals surface area contributed by atoms with Gasteiger partial charge in [-0.25, -0.2) is 0 Å². The number of anilines is 1. The molecular formula is C13H16N4O. The van der Waals surface area contributed by atoms with Crippen LogP contribution in [0.25, 0.3) is 0 Å². The second-order valence-corrected chi connectivity index (χ2v) is 4.30. The number of aromatic amines is 1. The van der Waals surface area contributed by atoms with Crippen LogP contribution < -0.4 is 11.1 Å². The summed E-state index contributed by atoms with van der Waals surface area (Å²) in [5.41, 5.74) is 8.72. The number of hydrogen-bond donors (Lipinski definition) is 3. The maximum atomic E-state index is 12.1. The number of aryl methyl sites for hydroxylation is 1. The van der Waals surface area contributed by atoms with Crippen molar-refractivity contribution in [3.8, 4) is 0 Å². The molecule has 0 aliphatic rings. The van der Waals surface area contributed by atoms with Crippen LogP contribution in [0.2, 0.25) is 0 Å². The molecule has 0 radical (unpaired) electrons. The minimum Gasteiger partial charge on any atom is -0.399 e. The Morgan fingerprint density at radius 1 is 1.50 bits per heavy atom. The monoisotopic (exact) mass is 244 g/mol. The molecule has 0 fully saturated rings. The van der Waals surface area contributed by atoms with Gasteiger partial charge in [0.15, 0.2) is 0 Å². The second kappa shape index (κ2) is 4.91. The summed E-state index contributed by atoms with van der Waals surface area (Å²) >= 11 is 0. The van der Waals surface area contributed by atoms with Crippen molar-refractivity contribution >= 4 is 11.6 Å². The smallest absolute Gasteiger partial charge is 0.252 e. The lowest BCUT2D eigenvalue weighted by molar-refractivity contribution is 0.0939. The Bertz CT molecular complexity index is 548. The van der Waals surface area contributed by atoms with E-state index in [4.69, 9.17) is 5.73 Å². The summed E-state index contributed by atoms with van der Waals surface area (Å²) in [4.78, 5) is 12.1. The summed E-state index contributed by atoms with van der Waals surface area (Å²) in [7, 11) is 0. The summed E-state index contributed by atoms with van der Waals surface area (Å²) in [6.07, 6.45) is 3.45. The van der Waals surface area contributed by atoms with Gasteiger partial charge in [0.2, 0.25) is 0 Å². The van der Waals surface area contributed by atoms with Crippen LogP contribution in [0.3, 0.4) is 0 Å². The molecule has 0 bridgehead atoms. The maximum Gasteiger partial charge on any atom is 0.252 e. The van der Waals surface area contributed by atoms with Gasteiger partial charge in [0.05, 0.1) is 12.2 Å². The summed E-state index contributed by atoms with van der Waals surface area (Å²) in [6.45, 7) is 3.79. The largest absolute Gasteiger partial charge is 0.399 e. The van der Waals surface area contributed by atoms with Crippen LogP contribution in [-0.2, 0) is 0 Å². The van der Waals surface area contributed by atoms with E-state index in [1.54, 1.807) is 24.5 Å². The highest BCUT2D eigenvalue weighted by molar-refractivity contribution is 5.96.